The van der Waals surface area contributed by atoms with Crippen LogP contribution in [0.2, 0.25) is 0 Å². The van der Waals surface area contributed by atoms with E-state index in [4.69, 9.17) is 5.73 Å². The molecule has 0 aliphatic carbocycles. The smallest absolute Gasteiger partial charge is 0.0922 e. The first-order valence-electron chi connectivity index (χ1n) is 4.89. The van der Waals surface area contributed by atoms with Gasteiger partial charge in [0.1, 0.15) is 0 Å². The van der Waals surface area contributed by atoms with Crippen molar-refractivity contribution in [3.8, 4) is 0 Å². The van der Waals surface area contributed by atoms with Crippen molar-refractivity contribution in [3.63, 3.8) is 0 Å². The lowest BCUT2D eigenvalue weighted by molar-refractivity contribution is 0.208. The number of aromatic amines is 1. The maximum atomic E-state index is 5.68. The van der Waals surface area contributed by atoms with Gasteiger partial charge in [-0.2, -0.15) is 0 Å². The summed E-state index contributed by atoms with van der Waals surface area (Å²) in [6.07, 6.45) is 3.56. The Balaban J connectivity index is 2.40. The summed E-state index contributed by atoms with van der Waals surface area (Å²) in [5.41, 5.74) is 7.00. The molecular formula is C10H20N4. The first kappa shape index (κ1) is 11.2. The molecule has 4 nitrogen and oxygen atoms in total. The third-order valence-corrected chi connectivity index (χ3v) is 2.25. The summed E-state index contributed by atoms with van der Waals surface area (Å²) in [7, 11) is 2.10. The Kier molecular flexibility index (Phi) is 3.66. The summed E-state index contributed by atoms with van der Waals surface area (Å²) in [6.45, 7) is 6.94. The predicted molar refractivity (Wildman–Crippen MR) is 57.8 cm³/mol. The fourth-order valence-electron chi connectivity index (χ4n) is 1.51. The van der Waals surface area contributed by atoms with Crippen molar-refractivity contribution in [2.75, 3.05) is 20.1 Å². The van der Waals surface area contributed by atoms with Crippen LogP contribution in [0.3, 0.4) is 0 Å². The minimum absolute atomic E-state index is 0.175. The lowest BCUT2D eigenvalue weighted by atomic mass is 9.93. The molecule has 0 radical (unpaired) electrons. The zero-order valence-electron chi connectivity index (χ0n) is 9.25. The third-order valence-electron chi connectivity index (χ3n) is 2.25. The van der Waals surface area contributed by atoms with E-state index in [-0.39, 0.29) is 5.41 Å². The van der Waals surface area contributed by atoms with E-state index in [2.05, 4.69) is 35.8 Å². The largest absolute Gasteiger partial charge is 0.347 e. The van der Waals surface area contributed by atoms with E-state index in [1.54, 1.807) is 6.33 Å². The van der Waals surface area contributed by atoms with Crippen LogP contribution in [0.1, 0.15) is 19.5 Å². The maximum absolute atomic E-state index is 5.68. The first-order valence-corrected chi connectivity index (χ1v) is 4.89. The second kappa shape index (κ2) is 4.57. The molecule has 1 rings (SSSR count). The lowest BCUT2D eigenvalue weighted by Gasteiger charge is -2.28. The molecule has 0 aliphatic rings. The van der Waals surface area contributed by atoms with Gasteiger partial charge in [-0.25, -0.2) is 4.98 Å². The summed E-state index contributed by atoms with van der Waals surface area (Å²) in [5.74, 6) is 0. The highest BCUT2D eigenvalue weighted by Crippen LogP contribution is 2.14. The lowest BCUT2D eigenvalue weighted by Crippen LogP contribution is -2.36. The van der Waals surface area contributed by atoms with Gasteiger partial charge in [-0.1, -0.05) is 13.8 Å². The molecular weight excluding hydrogens is 176 g/mol. The third kappa shape index (κ3) is 3.47. The van der Waals surface area contributed by atoms with Crippen molar-refractivity contribution in [1.29, 1.82) is 0 Å². The van der Waals surface area contributed by atoms with Gasteiger partial charge in [0.15, 0.2) is 0 Å². The van der Waals surface area contributed by atoms with E-state index in [9.17, 15) is 0 Å². The summed E-state index contributed by atoms with van der Waals surface area (Å²) in [4.78, 5) is 9.32. The normalized spacial score (nSPS) is 12.4. The van der Waals surface area contributed by atoms with Crippen molar-refractivity contribution in [2.24, 2.45) is 11.1 Å². The van der Waals surface area contributed by atoms with Crippen molar-refractivity contribution in [2.45, 2.75) is 20.4 Å². The Morgan fingerprint density at radius 2 is 2.29 bits per heavy atom. The van der Waals surface area contributed by atoms with Gasteiger partial charge >= 0.3 is 0 Å². The number of aromatic nitrogens is 2. The monoisotopic (exact) mass is 196 g/mol. The van der Waals surface area contributed by atoms with Crippen LogP contribution < -0.4 is 5.73 Å². The second-order valence-electron chi connectivity index (χ2n) is 4.62. The number of rotatable bonds is 5. The van der Waals surface area contributed by atoms with Gasteiger partial charge in [0.25, 0.3) is 0 Å². The molecule has 0 spiro atoms. The zero-order chi connectivity index (χ0) is 10.6. The summed E-state index contributed by atoms with van der Waals surface area (Å²) < 4.78 is 0. The number of nitrogens with zero attached hydrogens (tertiary/aromatic N) is 2. The molecule has 0 fully saturated rings. The average Bonchev–Trinajstić information content (AvgIpc) is 2.55. The van der Waals surface area contributed by atoms with Crippen LogP contribution in [-0.2, 0) is 6.54 Å². The van der Waals surface area contributed by atoms with Gasteiger partial charge in [0.05, 0.1) is 6.33 Å². The Morgan fingerprint density at radius 3 is 2.79 bits per heavy atom. The summed E-state index contributed by atoms with van der Waals surface area (Å²) in [5, 5.41) is 0. The van der Waals surface area contributed by atoms with Crippen molar-refractivity contribution < 1.29 is 0 Å². The maximum Gasteiger partial charge on any atom is 0.0922 e. The van der Waals surface area contributed by atoms with E-state index in [0.29, 0.717) is 6.54 Å². The van der Waals surface area contributed by atoms with Crippen LogP contribution in [0, 0.1) is 5.41 Å². The standard InChI is InChI=1S/C10H20N4/c1-10(2,6-11)7-14(3)5-9-4-12-8-13-9/h4,8H,5-7,11H2,1-3H3,(H,12,13). The molecule has 80 valence electrons. The van der Waals surface area contributed by atoms with E-state index < -0.39 is 0 Å². The topological polar surface area (TPSA) is 57.9 Å². The van der Waals surface area contributed by atoms with Gasteiger partial charge in [-0.05, 0) is 19.0 Å². The molecule has 0 saturated carbocycles. The number of hydrogen-bond acceptors (Lipinski definition) is 3. The van der Waals surface area contributed by atoms with Gasteiger partial charge in [0.2, 0.25) is 0 Å². The summed E-state index contributed by atoms with van der Waals surface area (Å²) >= 11 is 0. The molecule has 0 bridgehead atoms. The Morgan fingerprint density at radius 1 is 1.57 bits per heavy atom. The van der Waals surface area contributed by atoms with Gasteiger partial charge < -0.3 is 10.7 Å². The number of hydrogen-bond donors (Lipinski definition) is 2. The van der Waals surface area contributed by atoms with Crippen LogP contribution in [0.5, 0.6) is 0 Å². The molecule has 1 aromatic rings. The first-order chi connectivity index (χ1) is 6.53. The molecule has 3 N–H and O–H groups in total. The van der Waals surface area contributed by atoms with E-state index in [0.717, 1.165) is 18.8 Å². The number of H-pyrrole nitrogens is 1. The molecule has 0 amide bonds. The molecule has 1 heterocycles. The molecule has 0 atom stereocenters. The highest BCUT2D eigenvalue weighted by molar-refractivity contribution is 4.93. The highest BCUT2D eigenvalue weighted by atomic mass is 15.1. The Labute approximate surface area is 85.5 Å². The Hall–Kier alpha value is -0.870. The van der Waals surface area contributed by atoms with Gasteiger partial charge in [0, 0.05) is 25.0 Å². The molecule has 0 unspecified atom stereocenters. The predicted octanol–water partition coefficient (Wildman–Crippen LogP) is 0.826. The number of nitrogens with two attached hydrogens (primary N) is 1. The van der Waals surface area contributed by atoms with Crippen LogP contribution >= 0.6 is 0 Å². The number of imidazole rings is 1. The van der Waals surface area contributed by atoms with Gasteiger partial charge in [-0.3, -0.25) is 4.90 Å². The molecule has 0 aromatic carbocycles. The van der Waals surface area contributed by atoms with E-state index in [1.807, 2.05) is 6.20 Å². The van der Waals surface area contributed by atoms with E-state index in [1.165, 1.54) is 0 Å². The Bertz CT molecular complexity index is 253. The van der Waals surface area contributed by atoms with Crippen LogP contribution in [-0.4, -0.2) is 35.0 Å². The molecule has 0 aliphatic heterocycles. The SMILES string of the molecule is CN(Cc1cnc[nH]1)CC(C)(C)CN. The summed E-state index contributed by atoms with van der Waals surface area (Å²) in [6, 6.07) is 0. The van der Waals surface area contributed by atoms with Crippen LogP contribution in [0.4, 0.5) is 0 Å². The fourth-order valence-corrected chi connectivity index (χ4v) is 1.51. The fraction of sp³-hybridized carbons (Fsp3) is 0.700. The van der Waals surface area contributed by atoms with Crippen molar-refractivity contribution >= 4 is 0 Å². The van der Waals surface area contributed by atoms with Crippen LogP contribution in [0.25, 0.3) is 0 Å². The minimum Gasteiger partial charge on any atom is -0.347 e. The van der Waals surface area contributed by atoms with Crippen molar-refractivity contribution in [3.05, 3.63) is 18.2 Å². The minimum atomic E-state index is 0.175. The highest BCUT2D eigenvalue weighted by Gasteiger charge is 2.18. The molecule has 14 heavy (non-hydrogen) atoms. The van der Waals surface area contributed by atoms with Crippen LogP contribution in [0.15, 0.2) is 12.5 Å². The van der Waals surface area contributed by atoms with E-state index >= 15 is 0 Å². The molecule has 1 aromatic heterocycles. The molecule has 4 heteroatoms. The van der Waals surface area contributed by atoms with Crippen molar-refractivity contribution in [1.82, 2.24) is 14.9 Å². The molecule has 0 saturated heterocycles. The quantitative estimate of drug-likeness (QED) is 0.733. The number of nitrogens with one attached hydrogen (secondary N) is 1. The zero-order valence-corrected chi connectivity index (χ0v) is 9.25. The average molecular weight is 196 g/mol. The van der Waals surface area contributed by atoms with Gasteiger partial charge in [-0.15, -0.1) is 0 Å². The second-order valence-corrected chi connectivity index (χ2v) is 4.62.